The molecule has 0 spiro atoms. The number of benzene rings is 1. The second-order valence-electron chi connectivity index (χ2n) is 4.66. The molecular weight excluding hydrogens is 236 g/mol. The lowest BCUT2D eigenvalue weighted by molar-refractivity contribution is 0.0689. The minimum Gasteiger partial charge on any atom is -0.507 e. The molecule has 1 aromatic carbocycles. The van der Waals surface area contributed by atoms with Crippen molar-refractivity contribution in [3.8, 4) is 11.5 Å². The van der Waals surface area contributed by atoms with Crippen LogP contribution in [0.1, 0.15) is 35.3 Å². The van der Waals surface area contributed by atoms with Gasteiger partial charge < -0.3 is 20.1 Å². The van der Waals surface area contributed by atoms with E-state index in [1.165, 1.54) is 6.07 Å². The van der Waals surface area contributed by atoms with Crippen LogP contribution >= 0.6 is 0 Å². The van der Waals surface area contributed by atoms with Crippen LogP contribution in [0.15, 0.2) is 12.1 Å². The average molecular weight is 250 g/mol. The van der Waals surface area contributed by atoms with E-state index in [-0.39, 0.29) is 11.1 Å². The van der Waals surface area contributed by atoms with Gasteiger partial charge in [-0.25, -0.2) is 4.79 Å². The van der Waals surface area contributed by atoms with Crippen LogP contribution in [0.25, 0.3) is 6.08 Å². The van der Waals surface area contributed by atoms with Gasteiger partial charge in [0.25, 0.3) is 0 Å². The van der Waals surface area contributed by atoms with E-state index >= 15 is 0 Å². The van der Waals surface area contributed by atoms with Crippen molar-refractivity contribution in [3.05, 3.63) is 28.8 Å². The van der Waals surface area contributed by atoms with E-state index in [0.29, 0.717) is 11.3 Å². The number of carboxylic acids is 1. The Morgan fingerprint density at radius 2 is 2.11 bits per heavy atom. The lowest BCUT2D eigenvalue weighted by atomic mass is 9.94. The first-order valence-corrected chi connectivity index (χ1v) is 5.47. The number of carbonyl (C=O) groups is 1. The summed E-state index contributed by atoms with van der Waals surface area (Å²) >= 11 is 0. The Labute approximate surface area is 104 Å². The molecule has 18 heavy (non-hydrogen) atoms. The van der Waals surface area contributed by atoms with E-state index in [1.807, 2.05) is 13.8 Å². The fourth-order valence-electron chi connectivity index (χ4n) is 1.98. The van der Waals surface area contributed by atoms with Crippen molar-refractivity contribution in [1.29, 1.82) is 0 Å². The highest BCUT2D eigenvalue weighted by molar-refractivity contribution is 5.94. The van der Waals surface area contributed by atoms with Crippen molar-refractivity contribution in [2.24, 2.45) is 0 Å². The van der Waals surface area contributed by atoms with Gasteiger partial charge in [-0.05, 0) is 19.9 Å². The van der Waals surface area contributed by atoms with Gasteiger partial charge in [0, 0.05) is 17.2 Å². The number of phenols is 1. The van der Waals surface area contributed by atoms with Crippen LogP contribution < -0.4 is 4.74 Å². The molecule has 1 aromatic rings. The minimum absolute atomic E-state index is 0.157. The summed E-state index contributed by atoms with van der Waals surface area (Å²) < 4.78 is 5.63. The van der Waals surface area contributed by atoms with Gasteiger partial charge in [0.05, 0.1) is 6.61 Å². The molecule has 0 saturated heterocycles. The third-order valence-electron chi connectivity index (χ3n) is 2.81. The highest BCUT2D eigenvalue weighted by atomic mass is 16.5. The van der Waals surface area contributed by atoms with Crippen molar-refractivity contribution in [2.45, 2.75) is 26.1 Å². The van der Waals surface area contributed by atoms with Gasteiger partial charge in [0.1, 0.15) is 22.7 Å². The molecule has 0 fully saturated rings. The monoisotopic (exact) mass is 250 g/mol. The summed E-state index contributed by atoms with van der Waals surface area (Å²) in [6.45, 7) is 3.20. The Kier molecular flexibility index (Phi) is 2.78. The van der Waals surface area contributed by atoms with Gasteiger partial charge in [0.15, 0.2) is 0 Å². The minimum atomic E-state index is -1.28. The number of aromatic hydroxyl groups is 1. The molecule has 0 bridgehead atoms. The Hall–Kier alpha value is -2.01. The van der Waals surface area contributed by atoms with E-state index in [9.17, 15) is 15.0 Å². The summed E-state index contributed by atoms with van der Waals surface area (Å²) in [5, 5.41) is 28.1. The average Bonchev–Trinajstić information content (AvgIpc) is 2.24. The van der Waals surface area contributed by atoms with E-state index < -0.39 is 23.9 Å². The van der Waals surface area contributed by atoms with Gasteiger partial charge in [0.2, 0.25) is 0 Å². The van der Waals surface area contributed by atoms with Crippen molar-refractivity contribution in [1.82, 2.24) is 0 Å². The first-order valence-electron chi connectivity index (χ1n) is 5.47. The summed E-state index contributed by atoms with van der Waals surface area (Å²) in [6, 6.07) is 1.27. The molecule has 0 aromatic heterocycles. The number of carboxylic acid groups (broad SMARTS) is 1. The highest BCUT2D eigenvalue weighted by Gasteiger charge is 2.28. The zero-order chi connectivity index (χ0) is 13.5. The maximum Gasteiger partial charge on any atom is 0.339 e. The second kappa shape index (κ2) is 4.03. The van der Waals surface area contributed by atoms with Crippen LogP contribution in [0.4, 0.5) is 0 Å². The molecule has 96 valence electrons. The second-order valence-corrected chi connectivity index (χ2v) is 4.66. The number of hydrogen-bond donors (Lipinski definition) is 3. The summed E-state index contributed by atoms with van der Waals surface area (Å²) in [5.41, 5.74) is -0.169. The van der Waals surface area contributed by atoms with Crippen LogP contribution in [0, 0.1) is 0 Å². The number of aliphatic hydroxyl groups is 1. The molecule has 5 nitrogen and oxygen atoms in total. The molecule has 3 N–H and O–H groups in total. The lowest BCUT2D eigenvalue weighted by Gasteiger charge is -2.29. The summed E-state index contributed by atoms with van der Waals surface area (Å²) in [6.07, 6.45) is 3.48. The largest absolute Gasteiger partial charge is 0.507 e. The lowest BCUT2D eigenvalue weighted by Crippen LogP contribution is -2.28. The van der Waals surface area contributed by atoms with E-state index in [4.69, 9.17) is 9.84 Å². The van der Waals surface area contributed by atoms with E-state index in [0.717, 1.165) is 0 Å². The van der Waals surface area contributed by atoms with Crippen molar-refractivity contribution in [3.63, 3.8) is 0 Å². The number of ether oxygens (including phenoxy) is 1. The molecule has 1 aliphatic heterocycles. The Bertz CT molecular complexity index is 543. The predicted molar refractivity (Wildman–Crippen MR) is 64.7 cm³/mol. The molecular formula is C13H14O5. The van der Waals surface area contributed by atoms with Crippen molar-refractivity contribution >= 4 is 12.0 Å². The Morgan fingerprint density at radius 1 is 1.44 bits per heavy atom. The summed E-state index contributed by atoms with van der Waals surface area (Å²) in [5.74, 6) is -1.32. The van der Waals surface area contributed by atoms with Gasteiger partial charge >= 0.3 is 5.97 Å². The first-order chi connectivity index (χ1) is 8.35. The molecule has 1 aliphatic rings. The fourth-order valence-corrected chi connectivity index (χ4v) is 1.98. The molecule has 0 radical (unpaired) electrons. The van der Waals surface area contributed by atoms with Gasteiger partial charge in [-0.1, -0.05) is 6.08 Å². The topological polar surface area (TPSA) is 87.0 Å². The summed E-state index contributed by atoms with van der Waals surface area (Å²) in [4.78, 5) is 11.1. The van der Waals surface area contributed by atoms with Crippen LogP contribution in [-0.4, -0.2) is 26.9 Å². The Morgan fingerprint density at radius 3 is 2.67 bits per heavy atom. The number of fused-ring (bicyclic) bond motifs is 1. The van der Waals surface area contributed by atoms with Gasteiger partial charge in [-0.3, -0.25) is 0 Å². The van der Waals surface area contributed by atoms with Crippen LogP contribution in [-0.2, 0) is 6.61 Å². The normalized spacial score (nSPS) is 15.9. The number of aromatic carboxylic acids is 1. The molecule has 0 saturated carbocycles. The van der Waals surface area contributed by atoms with Crippen LogP contribution in [0.5, 0.6) is 11.5 Å². The van der Waals surface area contributed by atoms with E-state index in [2.05, 4.69) is 0 Å². The zero-order valence-electron chi connectivity index (χ0n) is 10.1. The maximum absolute atomic E-state index is 11.1. The third kappa shape index (κ3) is 1.93. The van der Waals surface area contributed by atoms with Gasteiger partial charge in [-0.2, -0.15) is 0 Å². The molecule has 5 heteroatoms. The molecule has 0 amide bonds. The van der Waals surface area contributed by atoms with Crippen LogP contribution in [0.3, 0.4) is 0 Å². The van der Waals surface area contributed by atoms with E-state index in [1.54, 1.807) is 12.2 Å². The smallest absolute Gasteiger partial charge is 0.339 e. The predicted octanol–water partition coefficient (Wildman–Crippen LogP) is 1.77. The number of hydrogen-bond acceptors (Lipinski definition) is 4. The quantitative estimate of drug-likeness (QED) is 0.744. The van der Waals surface area contributed by atoms with Crippen molar-refractivity contribution < 1.29 is 24.9 Å². The first kappa shape index (κ1) is 12.4. The highest BCUT2D eigenvalue weighted by Crippen LogP contribution is 2.39. The maximum atomic E-state index is 11.1. The molecule has 0 unspecified atom stereocenters. The standard InChI is InChI=1S/C13H14O5/c1-13(2)4-3-7-8(6-14)11(12(16)17)9(15)5-10(7)18-13/h3-5,14-15H,6H2,1-2H3,(H,16,17). The number of aliphatic hydroxyl groups excluding tert-OH is 1. The number of rotatable bonds is 2. The van der Waals surface area contributed by atoms with Crippen molar-refractivity contribution in [2.75, 3.05) is 0 Å². The SMILES string of the molecule is CC1(C)C=Cc2c(cc(O)c(C(=O)O)c2CO)O1. The fraction of sp³-hybridized carbons (Fsp3) is 0.308. The molecule has 2 rings (SSSR count). The van der Waals surface area contributed by atoms with Gasteiger partial charge in [-0.15, -0.1) is 0 Å². The summed E-state index contributed by atoms with van der Waals surface area (Å²) in [7, 11) is 0. The van der Waals surface area contributed by atoms with Crippen LogP contribution in [0.2, 0.25) is 0 Å². The zero-order valence-corrected chi connectivity index (χ0v) is 10.1. The Balaban J connectivity index is 2.70. The molecule has 0 atom stereocenters. The molecule has 0 aliphatic carbocycles. The molecule has 1 heterocycles. The third-order valence-corrected chi connectivity index (χ3v) is 2.81.